The Morgan fingerprint density at radius 2 is 2.07 bits per heavy atom. The van der Waals surface area contributed by atoms with Crippen LogP contribution in [0.15, 0.2) is 67.0 Å². The van der Waals surface area contributed by atoms with Gasteiger partial charge in [0.25, 0.3) is 5.91 Å². The minimum absolute atomic E-state index is 0.0483. The Kier molecular flexibility index (Phi) is 5.30. The first-order chi connectivity index (χ1) is 13.3. The molecule has 1 aliphatic rings. The van der Waals surface area contributed by atoms with E-state index in [9.17, 15) is 4.79 Å². The number of piperidine rings is 1. The summed E-state index contributed by atoms with van der Waals surface area (Å²) in [5.41, 5.74) is 4.04. The summed E-state index contributed by atoms with van der Waals surface area (Å²) >= 11 is 0. The van der Waals surface area contributed by atoms with Crippen LogP contribution in [0.4, 0.5) is 0 Å². The molecule has 0 aliphatic carbocycles. The minimum Gasteiger partial charge on any atom is -0.348 e. The Balaban J connectivity index is 1.37. The number of carbonyl (C=O) groups is 1. The molecule has 1 aliphatic heterocycles. The summed E-state index contributed by atoms with van der Waals surface area (Å²) in [6.07, 6.45) is 6.08. The maximum Gasteiger partial charge on any atom is 0.251 e. The molecule has 2 N–H and O–H groups in total. The van der Waals surface area contributed by atoms with Crippen LogP contribution in [-0.4, -0.2) is 28.8 Å². The molecule has 1 saturated heterocycles. The summed E-state index contributed by atoms with van der Waals surface area (Å²) in [6.45, 7) is 2.62. The molecule has 1 amide bonds. The van der Waals surface area contributed by atoms with E-state index in [1.54, 1.807) is 6.20 Å². The van der Waals surface area contributed by atoms with Gasteiger partial charge in [0.15, 0.2) is 0 Å². The average molecular weight is 360 g/mol. The topological polar surface area (TPSA) is 59.0 Å². The second-order valence-corrected chi connectivity index (χ2v) is 6.97. The van der Waals surface area contributed by atoms with Crippen LogP contribution in [0.25, 0.3) is 5.69 Å². The van der Waals surface area contributed by atoms with Gasteiger partial charge in [-0.15, -0.1) is 0 Å². The summed E-state index contributed by atoms with van der Waals surface area (Å²) < 4.78 is 1.81. The quantitative estimate of drug-likeness (QED) is 0.734. The summed E-state index contributed by atoms with van der Waals surface area (Å²) in [4.78, 5) is 12.5. The molecule has 0 unspecified atom stereocenters. The normalized spacial score (nSPS) is 16.8. The van der Waals surface area contributed by atoms with Gasteiger partial charge < -0.3 is 10.6 Å². The number of aromatic nitrogens is 2. The number of carbonyl (C=O) groups excluding carboxylic acids is 1. The van der Waals surface area contributed by atoms with Crippen molar-refractivity contribution in [3.8, 4) is 5.69 Å². The molecule has 27 heavy (non-hydrogen) atoms. The van der Waals surface area contributed by atoms with Crippen molar-refractivity contribution in [2.45, 2.75) is 25.3 Å². The van der Waals surface area contributed by atoms with E-state index in [-0.39, 0.29) is 5.91 Å². The first kappa shape index (κ1) is 17.5. The van der Waals surface area contributed by atoms with Crippen molar-refractivity contribution in [3.05, 3.63) is 83.7 Å². The highest BCUT2D eigenvalue weighted by Gasteiger charge is 2.15. The second kappa shape index (κ2) is 8.18. The monoisotopic (exact) mass is 360 g/mol. The van der Waals surface area contributed by atoms with Crippen LogP contribution in [0.5, 0.6) is 0 Å². The van der Waals surface area contributed by atoms with Crippen molar-refractivity contribution in [1.82, 2.24) is 20.4 Å². The van der Waals surface area contributed by atoms with E-state index in [4.69, 9.17) is 0 Å². The first-order valence-electron chi connectivity index (χ1n) is 9.47. The molecule has 4 rings (SSSR count). The van der Waals surface area contributed by atoms with Crippen LogP contribution in [0.3, 0.4) is 0 Å². The van der Waals surface area contributed by atoms with E-state index >= 15 is 0 Å². The highest BCUT2D eigenvalue weighted by atomic mass is 16.1. The zero-order valence-corrected chi connectivity index (χ0v) is 15.3. The lowest BCUT2D eigenvalue weighted by atomic mass is 9.91. The fourth-order valence-electron chi connectivity index (χ4n) is 3.56. The molecule has 0 saturated carbocycles. The first-order valence-corrected chi connectivity index (χ1v) is 9.47. The lowest BCUT2D eigenvalue weighted by Gasteiger charge is -2.23. The summed E-state index contributed by atoms with van der Waals surface area (Å²) in [6, 6.07) is 17.9. The fourth-order valence-corrected chi connectivity index (χ4v) is 3.56. The Morgan fingerprint density at radius 3 is 2.81 bits per heavy atom. The molecule has 2 aromatic carbocycles. The Morgan fingerprint density at radius 1 is 1.19 bits per heavy atom. The van der Waals surface area contributed by atoms with Gasteiger partial charge in [-0.1, -0.05) is 24.3 Å². The molecule has 1 aromatic heterocycles. The largest absolute Gasteiger partial charge is 0.348 e. The molecule has 0 spiro atoms. The molecule has 1 atom stereocenters. The summed E-state index contributed by atoms with van der Waals surface area (Å²) in [5, 5.41) is 10.7. The predicted molar refractivity (Wildman–Crippen MR) is 106 cm³/mol. The SMILES string of the molecule is O=C(NCc1cccc(-n2cccn2)c1)c1ccc([C@H]2CCCNC2)cc1. The number of nitrogens with zero attached hydrogens (tertiary/aromatic N) is 2. The average Bonchev–Trinajstić information content (AvgIpc) is 3.28. The van der Waals surface area contributed by atoms with Crippen molar-refractivity contribution in [2.24, 2.45) is 0 Å². The Hall–Kier alpha value is -2.92. The van der Waals surface area contributed by atoms with Gasteiger partial charge in [-0.3, -0.25) is 4.79 Å². The highest BCUT2D eigenvalue weighted by Crippen LogP contribution is 2.23. The Labute approximate surface area is 159 Å². The van der Waals surface area contributed by atoms with Crippen LogP contribution < -0.4 is 10.6 Å². The van der Waals surface area contributed by atoms with Crippen LogP contribution in [-0.2, 0) is 6.54 Å². The van der Waals surface area contributed by atoms with E-state index < -0.39 is 0 Å². The van der Waals surface area contributed by atoms with E-state index in [0.717, 1.165) is 24.3 Å². The molecule has 0 bridgehead atoms. The third kappa shape index (κ3) is 4.26. The number of nitrogens with one attached hydrogen (secondary N) is 2. The van der Waals surface area contributed by atoms with Gasteiger partial charge in [0.2, 0.25) is 0 Å². The molecule has 1 fully saturated rings. The molecular weight excluding hydrogens is 336 g/mol. The molecule has 5 nitrogen and oxygen atoms in total. The van der Waals surface area contributed by atoms with Crippen LogP contribution >= 0.6 is 0 Å². The van der Waals surface area contributed by atoms with Crippen LogP contribution in [0.2, 0.25) is 0 Å². The van der Waals surface area contributed by atoms with Crippen molar-refractivity contribution >= 4 is 5.91 Å². The van der Waals surface area contributed by atoms with Crippen molar-refractivity contribution < 1.29 is 4.79 Å². The minimum atomic E-state index is -0.0483. The number of rotatable bonds is 5. The maximum absolute atomic E-state index is 12.5. The molecule has 138 valence electrons. The molecule has 2 heterocycles. The number of hydrogen-bond acceptors (Lipinski definition) is 3. The van der Waals surface area contributed by atoms with Crippen molar-refractivity contribution in [2.75, 3.05) is 13.1 Å². The predicted octanol–water partition coefficient (Wildman–Crippen LogP) is 3.27. The van der Waals surface area contributed by atoms with Crippen LogP contribution in [0, 0.1) is 0 Å². The standard InChI is InChI=1S/C22H24N4O/c27-22(19-9-7-18(8-10-19)20-5-2-11-23-16-20)24-15-17-4-1-6-21(14-17)26-13-3-12-25-26/h1,3-4,6-10,12-14,20,23H,2,5,11,15-16H2,(H,24,27)/t20-/m0/s1. The van der Waals surface area contributed by atoms with Crippen molar-refractivity contribution in [3.63, 3.8) is 0 Å². The Bertz CT molecular complexity index is 881. The van der Waals surface area contributed by atoms with Gasteiger partial charge in [0.1, 0.15) is 0 Å². The van der Waals surface area contributed by atoms with E-state index in [0.29, 0.717) is 18.0 Å². The van der Waals surface area contributed by atoms with Gasteiger partial charge in [0, 0.05) is 31.0 Å². The molecular formula is C22H24N4O. The zero-order chi connectivity index (χ0) is 18.5. The van der Waals surface area contributed by atoms with Gasteiger partial charge >= 0.3 is 0 Å². The number of amides is 1. The highest BCUT2D eigenvalue weighted by molar-refractivity contribution is 5.94. The van der Waals surface area contributed by atoms with E-state index in [2.05, 4.69) is 27.9 Å². The smallest absolute Gasteiger partial charge is 0.251 e. The van der Waals surface area contributed by atoms with Crippen LogP contribution in [0.1, 0.15) is 40.2 Å². The molecule has 0 radical (unpaired) electrons. The lowest BCUT2D eigenvalue weighted by molar-refractivity contribution is 0.0951. The third-order valence-corrected chi connectivity index (χ3v) is 5.07. The maximum atomic E-state index is 12.5. The van der Waals surface area contributed by atoms with Gasteiger partial charge in [0.05, 0.1) is 5.69 Å². The lowest BCUT2D eigenvalue weighted by Crippen LogP contribution is -2.28. The van der Waals surface area contributed by atoms with E-state index in [1.165, 1.54) is 18.4 Å². The number of benzene rings is 2. The molecule has 3 aromatic rings. The molecule has 5 heteroatoms. The van der Waals surface area contributed by atoms with E-state index in [1.807, 2.05) is 53.3 Å². The van der Waals surface area contributed by atoms with Gasteiger partial charge in [-0.2, -0.15) is 5.10 Å². The van der Waals surface area contributed by atoms with Crippen molar-refractivity contribution in [1.29, 1.82) is 0 Å². The third-order valence-electron chi connectivity index (χ3n) is 5.07. The van der Waals surface area contributed by atoms with Gasteiger partial charge in [-0.05, 0) is 66.8 Å². The second-order valence-electron chi connectivity index (χ2n) is 6.97. The summed E-state index contributed by atoms with van der Waals surface area (Å²) in [5.74, 6) is 0.508. The summed E-state index contributed by atoms with van der Waals surface area (Å²) in [7, 11) is 0. The fraction of sp³-hybridized carbons (Fsp3) is 0.273. The van der Waals surface area contributed by atoms with Gasteiger partial charge in [-0.25, -0.2) is 4.68 Å². The zero-order valence-electron chi connectivity index (χ0n) is 15.3. The number of hydrogen-bond donors (Lipinski definition) is 2.